The fourth-order valence-corrected chi connectivity index (χ4v) is 2.48. The Kier molecular flexibility index (Phi) is 6.33. The number of hydrogen-bond donors (Lipinski definition) is 1. The Bertz CT molecular complexity index is 748. The Morgan fingerprint density at radius 3 is 2.48 bits per heavy atom. The third kappa shape index (κ3) is 4.92. The lowest BCUT2D eigenvalue weighted by molar-refractivity contribution is -0.147. The standard InChI is InChI=1S/C19H25N3O3/c1-5-6-7-18(24)25-12-17(23)20-19-14(3)21-22(15(19)4)16-10-8-13(2)9-11-16/h8-11H,5-7,12H2,1-4H3,(H,20,23). The molecule has 1 aromatic carbocycles. The van der Waals surface area contributed by atoms with Gasteiger partial charge in [0.1, 0.15) is 0 Å². The largest absolute Gasteiger partial charge is 0.456 e. The number of nitrogens with one attached hydrogen (secondary N) is 1. The van der Waals surface area contributed by atoms with Gasteiger partial charge in [-0.3, -0.25) is 9.59 Å². The molecule has 0 saturated heterocycles. The summed E-state index contributed by atoms with van der Waals surface area (Å²) in [5, 5.41) is 7.29. The smallest absolute Gasteiger partial charge is 0.306 e. The van der Waals surface area contributed by atoms with Crippen LogP contribution >= 0.6 is 0 Å². The van der Waals surface area contributed by atoms with Crippen LogP contribution in [0.3, 0.4) is 0 Å². The highest BCUT2D eigenvalue weighted by atomic mass is 16.5. The zero-order chi connectivity index (χ0) is 18.4. The number of nitrogens with zero attached hydrogens (tertiary/aromatic N) is 2. The maximum absolute atomic E-state index is 12.1. The molecule has 0 aliphatic rings. The van der Waals surface area contributed by atoms with E-state index in [-0.39, 0.29) is 18.5 Å². The van der Waals surface area contributed by atoms with E-state index < -0.39 is 0 Å². The number of hydrogen-bond acceptors (Lipinski definition) is 4. The van der Waals surface area contributed by atoms with Gasteiger partial charge < -0.3 is 10.1 Å². The van der Waals surface area contributed by atoms with E-state index in [2.05, 4.69) is 10.4 Å². The topological polar surface area (TPSA) is 73.2 Å². The summed E-state index contributed by atoms with van der Waals surface area (Å²) in [6.45, 7) is 7.47. The molecule has 0 unspecified atom stereocenters. The van der Waals surface area contributed by atoms with Gasteiger partial charge in [0.2, 0.25) is 0 Å². The number of esters is 1. The molecule has 0 bridgehead atoms. The van der Waals surface area contributed by atoms with E-state index in [0.29, 0.717) is 17.8 Å². The van der Waals surface area contributed by atoms with Crippen LogP contribution in [0.4, 0.5) is 5.69 Å². The van der Waals surface area contributed by atoms with Crippen LogP contribution in [0.25, 0.3) is 5.69 Å². The number of aryl methyl sites for hydroxylation is 2. The minimum Gasteiger partial charge on any atom is -0.456 e. The van der Waals surface area contributed by atoms with Gasteiger partial charge in [0, 0.05) is 6.42 Å². The molecule has 6 heteroatoms. The van der Waals surface area contributed by atoms with Gasteiger partial charge in [-0.1, -0.05) is 31.0 Å². The summed E-state index contributed by atoms with van der Waals surface area (Å²) in [6.07, 6.45) is 2.02. The molecule has 6 nitrogen and oxygen atoms in total. The minimum atomic E-state index is -0.362. The number of rotatable bonds is 7. The van der Waals surface area contributed by atoms with E-state index in [1.165, 1.54) is 5.56 Å². The summed E-state index contributed by atoms with van der Waals surface area (Å²) < 4.78 is 6.77. The first-order valence-corrected chi connectivity index (χ1v) is 8.51. The van der Waals surface area contributed by atoms with Crippen LogP contribution in [0.5, 0.6) is 0 Å². The van der Waals surface area contributed by atoms with Gasteiger partial charge in [-0.2, -0.15) is 5.10 Å². The molecule has 1 amide bonds. The van der Waals surface area contributed by atoms with E-state index >= 15 is 0 Å². The van der Waals surface area contributed by atoms with Crippen molar-refractivity contribution in [2.24, 2.45) is 0 Å². The highest BCUT2D eigenvalue weighted by Crippen LogP contribution is 2.23. The van der Waals surface area contributed by atoms with Crippen LogP contribution in [0.15, 0.2) is 24.3 Å². The molecule has 0 aliphatic carbocycles. The van der Waals surface area contributed by atoms with Gasteiger partial charge in [0.15, 0.2) is 6.61 Å². The Labute approximate surface area is 148 Å². The molecule has 0 aliphatic heterocycles. The van der Waals surface area contributed by atoms with Crippen LogP contribution < -0.4 is 5.32 Å². The molecule has 0 fully saturated rings. The monoisotopic (exact) mass is 343 g/mol. The van der Waals surface area contributed by atoms with Crippen LogP contribution in [-0.2, 0) is 14.3 Å². The molecule has 1 N–H and O–H groups in total. The van der Waals surface area contributed by atoms with Crippen molar-refractivity contribution in [3.63, 3.8) is 0 Å². The zero-order valence-corrected chi connectivity index (χ0v) is 15.3. The number of aromatic nitrogens is 2. The molecule has 0 atom stereocenters. The summed E-state index contributed by atoms with van der Waals surface area (Å²) in [6, 6.07) is 7.99. The van der Waals surface area contributed by atoms with Crippen molar-refractivity contribution >= 4 is 17.6 Å². The minimum absolute atomic E-state index is 0.281. The maximum Gasteiger partial charge on any atom is 0.306 e. The second kappa shape index (κ2) is 8.46. The Morgan fingerprint density at radius 2 is 1.84 bits per heavy atom. The lowest BCUT2D eigenvalue weighted by Crippen LogP contribution is -2.21. The molecule has 2 rings (SSSR count). The van der Waals surface area contributed by atoms with E-state index in [1.54, 1.807) is 4.68 Å². The quantitative estimate of drug-likeness (QED) is 0.781. The van der Waals surface area contributed by atoms with Gasteiger partial charge in [-0.15, -0.1) is 0 Å². The summed E-state index contributed by atoms with van der Waals surface area (Å²) in [4.78, 5) is 23.6. The molecule has 1 aromatic heterocycles. The first-order chi connectivity index (χ1) is 11.9. The maximum atomic E-state index is 12.1. The summed E-state index contributed by atoms with van der Waals surface area (Å²) >= 11 is 0. The van der Waals surface area contributed by atoms with Crippen LogP contribution in [-0.4, -0.2) is 28.3 Å². The highest BCUT2D eigenvalue weighted by Gasteiger charge is 2.16. The molecule has 0 spiro atoms. The van der Waals surface area contributed by atoms with Crippen LogP contribution in [0.2, 0.25) is 0 Å². The molecule has 134 valence electrons. The third-order valence-electron chi connectivity index (χ3n) is 3.93. The van der Waals surface area contributed by atoms with Crippen molar-refractivity contribution in [3.8, 4) is 5.69 Å². The number of amides is 1. The van der Waals surface area contributed by atoms with Gasteiger partial charge in [0.05, 0.1) is 22.8 Å². The number of ether oxygens (including phenoxy) is 1. The van der Waals surface area contributed by atoms with Crippen molar-refractivity contribution in [2.45, 2.75) is 47.0 Å². The molecule has 25 heavy (non-hydrogen) atoms. The Hall–Kier alpha value is -2.63. The second-order valence-electron chi connectivity index (χ2n) is 6.11. The van der Waals surface area contributed by atoms with Crippen molar-refractivity contribution < 1.29 is 14.3 Å². The number of benzene rings is 1. The van der Waals surface area contributed by atoms with Gasteiger partial charge in [-0.25, -0.2) is 4.68 Å². The molecule has 1 heterocycles. The highest BCUT2D eigenvalue weighted by molar-refractivity contribution is 5.93. The fraction of sp³-hybridized carbons (Fsp3) is 0.421. The van der Waals surface area contributed by atoms with Gasteiger partial charge >= 0.3 is 5.97 Å². The molecular weight excluding hydrogens is 318 g/mol. The van der Waals surface area contributed by atoms with E-state index in [1.807, 2.05) is 52.0 Å². The number of anilines is 1. The molecular formula is C19H25N3O3. The first-order valence-electron chi connectivity index (χ1n) is 8.51. The summed E-state index contributed by atoms with van der Waals surface area (Å²) in [7, 11) is 0. The first kappa shape index (κ1) is 18.7. The fourth-order valence-electron chi connectivity index (χ4n) is 2.48. The lowest BCUT2D eigenvalue weighted by atomic mass is 10.2. The Balaban J connectivity index is 2.04. The van der Waals surface area contributed by atoms with Gasteiger partial charge in [-0.05, 0) is 39.3 Å². The third-order valence-corrected chi connectivity index (χ3v) is 3.93. The Morgan fingerprint density at radius 1 is 1.16 bits per heavy atom. The molecule has 0 saturated carbocycles. The second-order valence-corrected chi connectivity index (χ2v) is 6.11. The predicted octanol–water partition coefficient (Wildman–Crippen LogP) is 3.47. The summed E-state index contributed by atoms with van der Waals surface area (Å²) in [5.41, 5.74) is 4.28. The molecule has 0 radical (unpaired) electrons. The van der Waals surface area contributed by atoms with Crippen LogP contribution in [0, 0.1) is 20.8 Å². The van der Waals surface area contributed by atoms with Crippen molar-refractivity contribution in [1.29, 1.82) is 0 Å². The van der Waals surface area contributed by atoms with Crippen molar-refractivity contribution in [2.75, 3.05) is 11.9 Å². The van der Waals surface area contributed by atoms with Crippen molar-refractivity contribution in [3.05, 3.63) is 41.2 Å². The predicted molar refractivity (Wildman–Crippen MR) is 96.9 cm³/mol. The zero-order valence-electron chi connectivity index (χ0n) is 15.3. The number of carbonyl (C=O) groups is 2. The summed E-state index contributed by atoms with van der Waals surface area (Å²) in [5.74, 6) is -0.708. The number of unbranched alkanes of at least 4 members (excludes halogenated alkanes) is 1. The number of carbonyl (C=O) groups excluding carboxylic acids is 2. The van der Waals surface area contributed by atoms with E-state index in [4.69, 9.17) is 4.74 Å². The molecule has 2 aromatic rings. The normalized spacial score (nSPS) is 10.6. The SMILES string of the molecule is CCCCC(=O)OCC(=O)Nc1c(C)nn(-c2ccc(C)cc2)c1C. The van der Waals surface area contributed by atoms with Crippen LogP contribution in [0.1, 0.15) is 43.1 Å². The lowest BCUT2D eigenvalue weighted by Gasteiger charge is -2.08. The average molecular weight is 343 g/mol. The van der Waals surface area contributed by atoms with Gasteiger partial charge in [0.25, 0.3) is 5.91 Å². The average Bonchev–Trinajstić information content (AvgIpc) is 2.87. The van der Waals surface area contributed by atoms with E-state index in [9.17, 15) is 9.59 Å². The van der Waals surface area contributed by atoms with Crippen molar-refractivity contribution in [1.82, 2.24) is 9.78 Å². The van der Waals surface area contributed by atoms with E-state index in [0.717, 1.165) is 24.2 Å².